The third kappa shape index (κ3) is 6.13. The highest BCUT2D eigenvalue weighted by atomic mass is 19.1. The van der Waals surface area contributed by atoms with Crippen molar-refractivity contribution in [1.29, 1.82) is 0 Å². The number of amides is 2. The molecule has 0 unspecified atom stereocenters. The third-order valence-electron chi connectivity index (χ3n) is 6.22. The molecule has 3 aliphatic heterocycles. The standard InChI is InChI=1S/C26H32FN9O3/c1-26(2,3)39-25(38)34-7-5-33(6-8-34)24(37)19-9-18(10-20(27)11-19)14-36-23-16-35(17-28-22(23)13-30-36)31-21-12-29-32(4)15-21/h9-13,15-17,30-31H,5-8,14H2,1-4H3. The van der Waals surface area contributed by atoms with Crippen LogP contribution in [0.2, 0.25) is 0 Å². The normalized spacial score (nSPS) is 16.9. The van der Waals surface area contributed by atoms with Crippen LogP contribution in [0.5, 0.6) is 0 Å². The molecule has 2 amide bonds. The fourth-order valence-corrected chi connectivity index (χ4v) is 4.42. The largest absolute Gasteiger partial charge is 0.444 e. The Bertz CT molecular complexity index is 1350. The van der Waals surface area contributed by atoms with Gasteiger partial charge in [0.2, 0.25) is 0 Å². The number of anilines is 1. The first-order chi connectivity index (χ1) is 18.5. The van der Waals surface area contributed by atoms with E-state index in [9.17, 15) is 14.0 Å². The summed E-state index contributed by atoms with van der Waals surface area (Å²) < 4.78 is 21.7. The van der Waals surface area contributed by atoms with Crippen molar-refractivity contribution in [2.24, 2.45) is 12.0 Å². The molecule has 0 spiro atoms. The zero-order chi connectivity index (χ0) is 27.7. The SMILES string of the molecule is Cn1cc(NN2C=NC3=CNN(Cc4cc(F)cc(C(=O)N5CCN(C(=O)OC(C)(C)C)CC5)c4)C3=C2)cn1. The van der Waals surface area contributed by atoms with Crippen molar-refractivity contribution in [3.63, 3.8) is 0 Å². The number of hydrazine groups is 2. The van der Waals surface area contributed by atoms with Crippen LogP contribution in [0, 0.1) is 5.82 Å². The second-order valence-corrected chi connectivity index (χ2v) is 10.5. The zero-order valence-electron chi connectivity index (χ0n) is 22.4. The molecule has 13 heteroatoms. The Morgan fingerprint density at radius 2 is 1.87 bits per heavy atom. The molecule has 2 aromatic rings. The molecule has 206 valence electrons. The molecule has 12 nitrogen and oxygen atoms in total. The molecule has 0 saturated carbocycles. The summed E-state index contributed by atoms with van der Waals surface area (Å²) in [6.07, 6.45) is 8.41. The second-order valence-electron chi connectivity index (χ2n) is 10.5. The summed E-state index contributed by atoms with van der Waals surface area (Å²) in [6.45, 7) is 7.13. The number of rotatable bonds is 5. The molecule has 1 aromatic heterocycles. The van der Waals surface area contributed by atoms with E-state index in [1.54, 1.807) is 44.3 Å². The molecule has 1 aromatic carbocycles. The van der Waals surface area contributed by atoms with Crippen LogP contribution in [0.15, 0.2) is 59.4 Å². The number of hydrogen-bond donors (Lipinski definition) is 2. The quantitative estimate of drug-likeness (QED) is 0.599. The van der Waals surface area contributed by atoms with Gasteiger partial charge in [-0.15, -0.1) is 0 Å². The van der Waals surface area contributed by atoms with Gasteiger partial charge in [0.05, 0.1) is 24.6 Å². The summed E-state index contributed by atoms with van der Waals surface area (Å²) in [5.41, 5.74) is 8.95. The van der Waals surface area contributed by atoms with Crippen molar-refractivity contribution < 1.29 is 18.7 Å². The van der Waals surface area contributed by atoms with E-state index in [0.29, 0.717) is 38.3 Å². The van der Waals surface area contributed by atoms with Crippen molar-refractivity contribution in [2.45, 2.75) is 32.9 Å². The Kier molecular flexibility index (Phi) is 6.89. The smallest absolute Gasteiger partial charge is 0.410 e. The summed E-state index contributed by atoms with van der Waals surface area (Å²) in [5, 5.41) is 7.68. The first-order valence-corrected chi connectivity index (χ1v) is 12.6. The summed E-state index contributed by atoms with van der Waals surface area (Å²) in [4.78, 5) is 33.2. The van der Waals surface area contributed by atoms with Crippen LogP contribution in [0.1, 0.15) is 36.7 Å². The van der Waals surface area contributed by atoms with Crippen LogP contribution in [0.25, 0.3) is 0 Å². The molecule has 0 radical (unpaired) electrons. The number of aliphatic imine (C=N–C) groups is 1. The average Bonchev–Trinajstić information content (AvgIpc) is 3.47. The van der Waals surface area contributed by atoms with Gasteiger partial charge in [-0.25, -0.2) is 19.2 Å². The van der Waals surface area contributed by atoms with Crippen LogP contribution in [0.3, 0.4) is 0 Å². The van der Waals surface area contributed by atoms with Gasteiger partial charge in [0.25, 0.3) is 5.91 Å². The van der Waals surface area contributed by atoms with Gasteiger partial charge in [-0.3, -0.25) is 19.9 Å². The Labute approximate surface area is 225 Å². The molecule has 4 heterocycles. The lowest BCUT2D eigenvalue weighted by atomic mass is 10.1. The number of carbonyl (C=O) groups excluding carboxylic acids is 2. The van der Waals surface area contributed by atoms with E-state index in [1.807, 2.05) is 45.2 Å². The van der Waals surface area contributed by atoms with Crippen LogP contribution in [-0.4, -0.2) is 79.7 Å². The van der Waals surface area contributed by atoms with Crippen LogP contribution in [-0.2, 0) is 18.3 Å². The molecular formula is C26H32FN9O3. The van der Waals surface area contributed by atoms with Crippen molar-refractivity contribution in [3.8, 4) is 0 Å². The van der Waals surface area contributed by atoms with Crippen molar-refractivity contribution >= 4 is 24.0 Å². The molecular weight excluding hydrogens is 505 g/mol. The first-order valence-electron chi connectivity index (χ1n) is 12.6. The van der Waals surface area contributed by atoms with E-state index < -0.39 is 17.5 Å². The molecule has 1 saturated heterocycles. The molecule has 0 bridgehead atoms. The van der Waals surface area contributed by atoms with Crippen LogP contribution < -0.4 is 10.9 Å². The Morgan fingerprint density at radius 3 is 2.56 bits per heavy atom. The highest BCUT2D eigenvalue weighted by Gasteiger charge is 2.29. The number of aromatic nitrogens is 2. The fraction of sp³-hybridized carbons (Fsp3) is 0.385. The van der Waals surface area contributed by atoms with Gasteiger partial charge in [0.1, 0.15) is 29.2 Å². The first kappa shape index (κ1) is 26.1. The number of hydrogen-bond acceptors (Lipinski definition) is 9. The summed E-state index contributed by atoms with van der Waals surface area (Å²) in [7, 11) is 1.83. The fourth-order valence-electron chi connectivity index (χ4n) is 4.42. The number of fused-ring (bicyclic) bond motifs is 1. The molecule has 5 rings (SSSR count). The number of carbonyl (C=O) groups is 2. The topological polar surface area (TPSA) is 111 Å². The van der Waals surface area contributed by atoms with Gasteiger partial charge in [-0.2, -0.15) is 5.10 Å². The van der Waals surface area contributed by atoms with E-state index in [4.69, 9.17) is 4.74 Å². The lowest BCUT2D eigenvalue weighted by molar-refractivity contribution is 0.0141. The number of piperazine rings is 1. The van der Waals surface area contributed by atoms with Crippen LogP contribution in [0.4, 0.5) is 14.9 Å². The van der Waals surface area contributed by atoms with E-state index >= 15 is 0 Å². The molecule has 1 fully saturated rings. The summed E-state index contributed by atoms with van der Waals surface area (Å²) >= 11 is 0. The lowest BCUT2D eigenvalue weighted by Crippen LogP contribution is -2.51. The monoisotopic (exact) mass is 537 g/mol. The van der Waals surface area contributed by atoms with Crippen molar-refractivity contribution in [1.82, 2.24) is 35.0 Å². The average molecular weight is 538 g/mol. The van der Waals surface area contributed by atoms with E-state index in [2.05, 4.69) is 20.9 Å². The maximum atomic E-state index is 14.6. The molecule has 0 aliphatic carbocycles. The summed E-state index contributed by atoms with van der Waals surface area (Å²) in [5.74, 6) is -0.771. The zero-order valence-corrected chi connectivity index (χ0v) is 22.4. The highest BCUT2D eigenvalue weighted by molar-refractivity contribution is 5.94. The molecule has 2 N–H and O–H groups in total. The van der Waals surface area contributed by atoms with Gasteiger partial charge < -0.3 is 20.0 Å². The number of nitrogens with one attached hydrogen (secondary N) is 2. The lowest BCUT2D eigenvalue weighted by Gasteiger charge is -2.35. The van der Waals surface area contributed by atoms with Crippen molar-refractivity contribution in [3.05, 3.63) is 71.3 Å². The molecule has 39 heavy (non-hydrogen) atoms. The van der Waals surface area contributed by atoms with Crippen LogP contribution >= 0.6 is 0 Å². The predicted molar refractivity (Wildman–Crippen MR) is 142 cm³/mol. The van der Waals surface area contributed by atoms with Gasteiger partial charge >= 0.3 is 6.09 Å². The summed E-state index contributed by atoms with van der Waals surface area (Å²) in [6, 6.07) is 4.36. The number of benzene rings is 1. The number of halogens is 1. The van der Waals surface area contributed by atoms with Gasteiger partial charge in [-0.1, -0.05) is 0 Å². The minimum Gasteiger partial charge on any atom is -0.444 e. The minimum absolute atomic E-state index is 0.263. The molecule has 0 atom stereocenters. The maximum Gasteiger partial charge on any atom is 0.410 e. The van der Waals surface area contributed by atoms with E-state index in [0.717, 1.165) is 17.1 Å². The van der Waals surface area contributed by atoms with E-state index in [-0.39, 0.29) is 11.5 Å². The van der Waals surface area contributed by atoms with Gasteiger partial charge in [0, 0.05) is 51.2 Å². The minimum atomic E-state index is -0.587. The third-order valence-corrected chi connectivity index (χ3v) is 6.22. The number of ether oxygens (including phenoxy) is 1. The van der Waals surface area contributed by atoms with Gasteiger partial charge in [0.15, 0.2) is 0 Å². The van der Waals surface area contributed by atoms with Gasteiger partial charge in [-0.05, 0) is 44.5 Å². The maximum absolute atomic E-state index is 14.6. The Balaban J connectivity index is 1.23. The number of aryl methyl sites for hydroxylation is 1. The Hall–Kier alpha value is -4.55. The van der Waals surface area contributed by atoms with E-state index in [1.165, 1.54) is 12.1 Å². The predicted octanol–water partition coefficient (Wildman–Crippen LogP) is 2.63. The number of nitrogens with zero attached hydrogens (tertiary/aromatic N) is 7. The Morgan fingerprint density at radius 1 is 1.13 bits per heavy atom. The van der Waals surface area contributed by atoms with Crippen molar-refractivity contribution in [2.75, 3.05) is 31.6 Å². The second kappa shape index (κ2) is 10.3. The highest BCUT2D eigenvalue weighted by Crippen LogP contribution is 2.26. The molecule has 3 aliphatic rings.